The van der Waals surface area contributed by atoms with Crippen LogP contribution in [0, 0.1) is 0 Å². The Balaban J connectivity index is 0.00000256. The fourth-order valence-electron chi connectivity index (χ4n) is 3.27. The summed E-state index contributed by atoms with van der Waals surface area (Å²) in [5.74, 6) is 0.707. The van der Waals surface area contributed by atoms with E-state index in [-0.39, 0.29) is 18.3 Å². The smallest absolute Gasteiger partial charge is 0.260 e. The predicted molar refractivity (Wildman–Crippen MR) is 126 cm³/mol. The fraction of sp³-hybridized carbons (Fsp3) is 0.333. The summed E-state index contributed by atoms with van der Waals surface area (Å²) in [4.78, 5) is 22.2. The van der Waals surface area contributed by atoms with Crippen molar-refractivity contribution in [2.75, 3.05) is 51.4 Å². The summed E-state index contributed by atoms with van der Waals surface area (Å²) in [7, 11) is 1.64. The van der Waals surface area contributed by atoms with Crippen LogP contribution in [-0.2, 0) is 4.74 Å². The zero-order valence-electron chi connectivity index (χ0n) is 16.5. The van der Waals surface area contributed by atoms with Gasteiger partial charge in [0, 0.05) is 42.3 Å². The molecule has 3 aromatic rings. The number of anilines is 1. The number of hydrogen-bond acceptors (Lipinski definition) is 6. The van der Waals surface area contributed by atoms with Crippen molar-refractivity contribution in [2.45, 2.75) is 0 Å². The first kappa shape index (κ1) is 23.0. The molecule has 2 heterocycles. The second-order valence-corrected chi connectivity index (χ2v) is 8.68. The van der Waals surface area contributed by atoms with E-state index < -0.39 is 0 Å². The van der Waals surface area contributed by atoms with Gasteiger partial charge in [-0.25, -0.2) is 4.98 Å². The van der Waals surface area contributed by atoms with Crippen molar-refractivity contribution >= 4 is 60.9 Å². The molecule has 0 bridgehead atoms. The van der Waals surface area contributed by atoms with Crippen LogP contribution in [0.3, 0.4) is 0 Å². The lowest BCUT2D eigenvalue weighted by molar-refractivity contribution is 0.0391. The van der Waals surface area contributed by atoms with Crippen molar-refractivity contribution in [3.05, 3.63) is 52.5 Å². The van der Waals surface area contributed by atoms with E-state index in [1.54, 1.807) is 12.0 Å². The van der Waals surface area contributed by atoms with E-state index in [0.717, 1.165) is 53.3 Å². The van der Waals surface area contributed by atoms with Crippen molar-refractivity contribution in [1.82, 2.24) is 9.88 Å². The first-order valence-electron chi connectivity index (χ1n) is 9.46. The van der Waals surface area contributed by atoms with E-state index in [9.17, 15) is 4.79 Å². The van der Waals surface area contributed by atoms with Gasteiger partial charge in [0.15, 0.2) is 5.13 Å². The number of morpholine rings is 1. The highest BCUT2D eigenvalue weighted by Crippen LogP contribution is 2.32. The van der Waals surface area contributed by atoms with Gasteiger partial charge in [0.25, 0.3) is 5.91 Å². The summed E-state index contributed by atoms with van der Waals surface area (Å²) in [5, 5.41) is 0.700. The molecule has 0 spiro atoms. The van der Waals surface area contributed by atoms with Gasteiger partial charge in [0.05, 0.1) is 30.5 Å². The molecule has 1 aliphatic heterocycles. The largest absolute Gasteiger partial charge is 0.497 e. The number of aromatic nitrogens is 1. The number of nitrogens with zero attached hydrogens (tertiary/aromatic N) is 3. The summed E-state index contributed by atoms with van der Waals surface area (Å²) in [5.41, 5.74) is 1.47. The summed E-state index contributed by atoms with van der Waals surface area (Å²) >= 11 is 4.98. The molecule has 30 heavy (non-hydrogen) atoms. The van der Waals surface area contributed by atoms with E-state index in [1.165, 1.54) is 11.3 Å². The van der Waals surface area contributed by atoms with Crippen molar-refractivity contribution in [3.8, 4) is 5.75 Å². The van der Waals surface area contributed by atoms with Gasteiger partial charge in [0.2, 0.25) is 0 Å². The molecule has 1 aromatic heterocycles. The molecule has 1 amide bonds. The molecule has 0 aliphatic carbocycles. The van der Waals surface area contributed by atoms with Crippen LogP contribution in [-0.4, -0.2) is 62.3 Å². The Morgan fingerprint density at radius 1 is 1.27 bits per heavy atom. The number of thiazole rings is 1. The first-order chi connectivity index (χ1) is 14.1. The Kier molecular flexibility index (Phi) is 8.07. The zero-order chi connectivity index (χ0) is 20.2. The minimum atomic E-state index is -0.0504. The molecular weight excluding hydrogens is 490 g/mol. The Labute approximate surface area is 194 Å². The van der Waals surface area contributed by atoms with Gasteiger partial charge in [-0.3, -0.25) is 14.6 Å². The van der Waals surface area contributed by atoms with Crippen molar-refractivity contribution in [1.29, 1.82) is 0 Å². The second-order valence-electron chi connectivity index (χ2n) is 6.75. The molecule has 4 rings (SSSR count). The van der Waals surface area contributed by atoms with Crippen molar-refractivity contribution in [3.63, 3.8) is 0 Å². The molecule has 160 valence electrons. The van der Waals surface area contributed by atoms with Crippen LogP contribution in [0.5, 0.6) is 5.75 Å². The Bertz CT molecular complexity index is 1010. The zero-order valence-corrected chi connectivity index (χ0v) is 19.8. The van der Waals surface area contributed by atoms with E-state index in [2.05, 4.69) is 20.8 Å². The van der Waals surface area contributed by atoms with Crippen LogP contribution in [0.25, 0.3) is 10.2 Å². The Hall–Kier alpha value is -1.71. The van der Waals surface area contributed by atoms with E-state index in [1.807, 2.05) is 42.5 Å². The van der Waals surface area contributed by atoms with Gasteiger partial charge < -0.3 is 9.47 Å². The lowest BCUT2D eigenvalue weighted by atomic mass is 10.2. The topological polar surface area (TPSA) is 54.9 Å². The number of carbonyl (C=O) groups is 1. The summed E-state index contributed by atoms with van der Waals surface area (Å²) in [6.07, 6.45) is 0. The normalized spacial score (nSPS) is 14.3. The molecule has 1 aliphatic rings. The average molecular weight is 513 g/mol. The highest BCUT2D eigenvalue weighted by Gasteiger charge is 2.23. The van der Waals surface area contributed by atoms with Crippen molar-refractivity contribution in [2.24, 2.45) is 0 Å². The van der Waals surface area contributed by atoms with Crippen LogP contribution >= 0.6 is 39.7 Å². The maximum Gasteiger partial charge on any atom is 0.260 e. The highest BCUT2D eigenvalue weighted by molar-refractivity contribution is 9.10. The Morgan fingerprint density at radius 3 is 2.80 bits per heavy atom. The second kappa shape index (κ2) is 10.5. The molecular formula is C21H23BrClN3O3S. The minimum Gasteiger partial charge on any atom is -0.497 e. The number of ether oxygens (including phenoxy) is 2. The van der Waals surface area contributed by atoms with E-state index in [4.69, 9.17) is 14.5 Å². The van der Waals surface area contributed by atoms with Gasteiger partial charge in [-0.2, -0.15) is 0 Å². The minimum absolute atomic E-state index is 0. The van der Waals surface area contributed by atoms with Crippen LogP contribution in [0.4, 0.5) is 5.13 Å². The van der Waals surface area contributed by atoms with Crippen LogP contribution in [0.15, 0.2) is 46.9 Å². The molecule has 0 atom stereocenters. The van der Waals surface area contributed by atoms with Gasteiger partial charge >= 0.3 is 0 Å². The lowest BCUT2D eigenvalue weighted by Crippen LogP contribution is -2.43. The molecule has 9 heteroatoms. The van der Waals surface area contributed by atoms with Crippen LogP contribution < -0.4 is 9.64 Å². The average Bonchev–Trinajstić information content (AvgIpc) is 3.17. The molecule has 2 aromatic carbocycles. The summed E-state index contributed by atoms with van der Waals surface area (Å²) in [6.45, 7) is 4.59. The van der Waals surface area contributed by atoms with Crippen molar-refractivity contribution < 1.29 is 14.3 Å². The number of methoxy groups -OCH3 is 1. The number of hydrogen-bond donors (Lipinski definition) is 0. The molecule has 1 saturated heterocycles. The first-order valence-corrected chi connectivity index (χ1v) is 11.1. The third-order valence-corrected chi connectivity index (χ3v) is 6.43. The molecule has 0 unspecified atom stereocenters. The van der Waals surface area contributed by atoms with E-state index in [0.29, 0.717) is 17.2 Å². The van der Waals surface area contributed by atoms with Gasteiger partial charge in [-0.05, 0) is 30.3 Å². The van der Waals surface area contributed by atoms with Gasteiger partial charge in [-0.1, -0.05) is 33.3 Å². The summed E-state index contributed by atoms with van der Waals surface area (Å²) in [6, 6.07) is 13.3. The molecule has 0 radical (unpaired) electrons. The SMILES string of the molecule is COc1ccc2sc(N(CCN3CCOCC3)C(=O)c3cccc(Br)c3)nc2c1.Cl. The molecule has 1 fully saturated rings. The lowest BCUT2D eigenvalue weighted by Gasteiger charge is -2.29. The maximum absolute atomic E-state index is 13.4. The number of fused-ring (bicyclic) bond motifs is 1. The monoisotopic (exact) mass is 511 g/mol. The van der Waals surface area contributed by atoms with Gasteiger partial charge in [0.1, 0.15) is 5.75 Å². The number of amides is 1. The van der Waals surface area contributed by atoms with Crippen LogP contribution in [0.2, 0.25) is 0 Å². The predicted octanol–water partition coefficient (Wildman–Crippen LogP) is 4.47. The van der Waals surface area contributed by atoms with Crippen LogP contribution in [0.1, 0.15) is 10.4 Å². The number of rotatable bonds is 6. The summed E-state index contributed by atoms with van der Waals surface area (Å²) < 4.78 is 12.6. The van der Waals surface area contributed by atoms with Gasteiger partial charge in [-0.15, -0.1) is 12.4 Å². The highest BCUT2D eigenvalue weighted by atomic mass is 79.9. The number of carbonyl (C=O) groups excluding carboxylic acids is 1. The molecule has 0 saturated carbocycles. The third-order valence-electron chi connectivity index (χ3n) is 4.87. The fourth-order valence-corrected chi connectivity index (χ4v) is 4.63. The Morgan fingerprint density at radius 2 is 2.07 bits per heavy atom. The molecule has 0 N–H and O–H groups in total. The maximum atomic E-state index is 13.4. The standard InChI is InChI=1S/C21H22BrN3O3S.ClH/c1-27-17-5-6-19-18(14-17)23-21(29-19)25(8-7-24-9-11-28-12-10-24)20(26)15-3-2-4-16(22)13-15;/h2-6,13-14H,7-12H2,1H3;1H. The molecule has 6 nitrogen and oxygen atoms in total. The number of halogens is 2. The third kappa shape index (κ3) is 5.31. The quantitative estimate of drug-likeness (QED) is 0.488. The van der Waals surface area contributed by atoms with E-state index >= 15 is 0 Å². The number of benzene rings is 2.